The number of anilines is 1. The lowest BCUT2D eigenvalue weighted by Crippen LogP contribution is -2.30. The predicted octanol–water partition coefficient (Wildman–Crippen LogP) is 1.53. The van der Waals surface area contributed by atoms with E-state index in [0.29, 0.717) is 22.6 Å². The van der Waals surface area contributed by atoms with Crippen LogP contribution in [0.15, 0.2) is 47.4 Å². The summed E-state index contributed by atoms with van der Waals surface area (Å²) >= 11 is 0. The van der Waals surface area contributed by atoms with Gasteiger partial charge in [-0.3, -0.25) is 4.79 Å². The van der Waals surface area contributed by atoms with Gasteiger partial charge >= 0.3 is 0 Å². The Labute approximate surface area is 176 Å². The number of benzene rings is 2. The largest absolute Gasteiger partial charge is 0.497 e. The van der Waals surface area contributed by atoms with Crippen molar-refractivity contribution in [2.24, 2.45) is 0 Å². The van der Waals surface area contributed by atoms with Crippen LogP contribution in [0.5, 0.6) is 5.75 Å². The lowest BCUT2D eigenvalue weighted by molar-refractivity contribution is -0.116. The zero-order valence-electron chi connectivity index (χ0n) is 17.1. The number of hydrogen-bond donors (Lipinski definition) is 3. The van der Waals surface area contributed by atoms with Crippen molar-refractivity contribution in [3.8, 4) is 5.75 Å². The third kappa shape index (κ3) is 6.52. The van der Waals surface area contributed by atoms with Gasteiger partial charge < -0.3 is 10.1 Å². The number of hydrogen-bond acceptors (Lipinski definition) is 6. The Hall–Kier alpha value is -2.47. The fourth-order valence-electron chi connectivity index (χ4n) is 2.73. The SMILES string of the molecule is CNS(=O)(=O)c1ccc(C)c(NC(=O)C[C@@H](NS(C)(=O)=O)c2ccc(OC)cc2)c1. The van der Waals surface area contributed by atoms with E-state index < -0.39 is 32.0 Å². The molecular formula is C19H25N3O6S2. The quantitative estimate of drug-likeness (QED) is 0.526. The summed E-state index contributed by atoms with van der Waals surface area (Å²) in [5, 5.41) is 2.66. The van der Waals surface area contributed by atoms with Crippen LogP contribution < -0.4 is 19.5 Å². The highest BCUT2D eigenvalue weighted by Crippen LogP contribution is 2.24. The summed E-state index contributed by atoms with van der Waals surface area (Å²) in [6.07, 6.45) is 0.819. The first-order valence-corrected chi connectivity index (χ1v) is 12.3. The smallest absolute Gasteiger partial charge is 0.240 e. The number of aryl methyl sites for hydroxylation is 1. The molecule has 0 fully saturated rings. The number of ether oxygens (including phenoxy) is 1. The molecule has 0 unspecified atom stereocenters. The van der Waals surface area contributed by atoms with Gasteiger partial charge in [0.1, 0.15) is 5.75 Å². The molecule has 0 saturated carbocycles. The van der Waals surface area contributed by atoms with Crippen LogP contribution in [0, 0.1) is 6.92 Å². The topological polar surface area (TPSA) is 131 Å². The summed E-state index contributed by atoms with van der Waals surface area (Å²) in [5.41, 5.74) is 1.57. The Kier molecular flexibility index (Phi) is 7.59. The number of methoxy groups -OCH3 is 1. The van der Waals surface area contributed by atoms with Crippen molar-refractivity contribution in [1.29, 1.82) is 0 Å². The van der Waals surface area contributed by atoms with Crippen LogP contribution in [0.3, 0.4) is 0 Å². The third-order valence-electron chi connectivity index (χ3n) is 4.33. The van der Waals surface area contributed by atoms with Crippen LogP contribution in [0.4, 0.5) is 5.69 Å². The molecule has 3 N–H and O–H groups in total. The van der Waals surface area contributed by atoms with Crippen molar-refractivity contribution in [3.05, 3.63) is 53.6 Å². The van der Waals surface area contributed by atoms with Crippen molar-refractivity contribution in [3.63, 3.8) is 0 Å². The molecule has 2 rings (SSSR count). The fraction of sp³-hybridized carbons (Fsp3) is 0.316. The lowest BCUT2D eigenvalue weighted by atomic mass is 10.0. The van der Waals surface area contributed by atoms with Crippen LogP contribution in [-0.2, 0) is 24.8 Å². The zero-order chi connectivity index (χ0) is 22.5. The minimum Gasteiger partial charge on any atom is -0.497 e. The van der Waals surface area contributed by atoms with E-state index in [9.17, 15) is 21.6 Å². The summed E-state index contributed by atoms with van der Waals surface area (Å²) in [4.78, 5) is 12.7. The highest BCUT2D eigenvalue weighted by atomic mass is 32.2. The zero-order valence-corrected chi connectivity index (χ0v) is 18.7. The van der Waals surface area contributed by atoms with Gasteiger partial charge in [0.25, 0.3) is 0 Å². The standard InChI is InChI=1S/C19H25N3O6S2/c1-13-5-10-16(30(26,27)20-2)11-17(13)21-19(23)12-18(22-29(4,24)25)14-6-8-15(28-3)9-7-14/h5-11,18,20,22H,12H2,1-4H3,(H,21,23)/t18-/m1/s1. The summed E-state index contributed by atoms with van der Waals surface area (Å²) in [6, 6.07) is 10.2. The summed E-state index contributed by atoms with van der Waals surface area (Å²) in [6.45, 7) is 1.72. The first-order chi connectivity index (χ1) is 13.9. The molecule has 0 heterocycles. The van der Waals surface area contributed by atoms with Gasteiger partial charge in [0.05, 0.1) is 24.3 Å². The van der Waals surface area contributed by atoms with E-state index in [2.05, 4.69) is 14.8 Å². The Balaban J connectivity index is 2.26. The van der Waals surface area contributed by atoms with Crippen LogP contribution in [0.2, 0.25) is 0 Å². The molecule has 1 atom stereocenters. The average Bonchev–Trinajstić information content (AvgIpc) is 2.68. The molecule has 9 nitrogen and oxygen atoms in total. The van der Waals surface area contributed by atoms with Gasteiger partial charge in [-0.25, -0.2) is 26.3 Å². The predicted molar refractivity (Wildman–Crippen MR) is 114 cm³/mol. The van der Waals surface area contributed by atoms with Gasteiger partial charge in [-0.15, -0.1) is 0 Å². The van der Waals surface area contributed by atoms with Gasteiger partial charge in [0.15, 0.2) is 0 Å². The molecular weight excluding hydrogens is 430 g/mol. The second-order valence-electron chi connectivity index (χ2n) is 6.65. The first kappa shape index (κ1) is 23.8. The van der Waals surface area contributed by atoms with Gasteiger partial charge in [0, 0.05) is 12.1 Å². The second-order valence-corrected chi connectivity index (χ2v) is 10.3. The number of sulfonamides is 2. The van der Waals surface area contributed by atoms with Crippen molar-refractivity contribution < 1.29 is 26.4 Å². The van der Waals surface area contributed by atoms with E-state index >= 15 is 0 Å². The van der Waals surface area contributed by atoms with E-state index in [1.807, 2.05) is 0 Å². The lowest BCUT2D eigenvalue weighted by Gasteiger charge is -2.19. The molecule has 0 radical (unpaired) electrons. The summed E-state index contributed by atoms with van der Waals surface area (Å²) in [5.74, 6) is 0.119. The monoisotopic (exact) mass is 455 g/mol. The third-order valence-corrected chi connectivity index (χ3v) is 6.45. The second kappa shape index (κ2) is 9.56. The molecule has 0 bridgehead atoms. The maximum absolute atomic E-state index is 12.7. The molecule has 2 aromatic rings. The van der Waals surface area contributed by atoms with Gasteiger partial charge in [-0.2, -0.15) is 0 Å². The maximum Gasteiger partial charge on any atom is 0.240 e. The molecule has 0 aliphatic carbocycles. The van der Waals surface area contributed by atoms with E-state index in [0.717, 1.165) is 6.26 Å². The van der Waals surface area contributed by atoms with E-state index in [-0.39, 0.29) is 11.3 Å². The Bertz CT molecular complexity index is 1110. The molecule has 0 spiro atoms. The van der Waals surface area contributed by atoms with Crippen LogP contribution in [-0.4, -0.2) is 43.2 Å². The fourth-order valence-corrected chi connectivity index (χ4v) is 4.22. The normalized spacial score (nSPS) is 12.9. The van der Waals surface area contributed by atoms with Crippen LogP contribution in [0.1, 0.15) is 23.6 Å². The van der Waals surface area contributed by atoms with E-state index in [1.165, 1.54) is 26.3 Å². The Morgan fingerprint density at radius 3 is 2.23 bits per heavy atom. The maximum atomic E-state index is 12.7. The minimum absolute atomic E-state index is 0.00636. The summed E-state index contributed by atoms with van der Waals surface area (Å²) < 4.78 is 57.3. The average molecular weight is 456 g/mol. The highest BCUT2D eigenvalue weighted by Gasteiger charge is 2.21. The van der Waals surface area contributed by atoms with Crippen molar-refractivity contribution in [1.82, 2.24) is 9.44 Å². The Morgan fingerprint density at radius 1 is 1.07 bits per heavy atom. The first-order valence-electron chi connectivity index (χ1n) is 8.90. The number of carbonyl (C=O) groups excluding carboxylic acids is 1. The van der Waals surface area contributed by atoms with Crippen LogP contribution >= 0.6 is 0 Å². The molecule has 164 valence electrons. The highest BCUT2D eigenvalue weighted by molar-refractivity contribution is 7.89. The summed E-state index contributed by atoms with van der Waals surface area (Å²) in [7, 11) is -4.46. The Morgan fingerprint density at radius 2 is 1.70 bits per heavy atom. The molecule has 30 heavy (non-hydrogen) atoms. The van der Waals surface area contributed by atoms with Crippen LogP contribution in [0.25, 0.3) is 0 Å². The number of amides is 1. The molecule has 2 aromatic carbocycles. The molecule has 0 aromatic heterocycles. The molecule has 11 heteroatoms. The van der Waals surface area contributed by atoms with Crippen molar-refractivity contribution in [2.45, 2.75) is 24.3 Å². The molecule has 0 aliphatic rings. The van der Waals surface area contributed by atoms with Gasteiger partial charge in [-0.1, -0.05) is 18.2 Å². The molecule has 0 saturated heterocycles. The number of carbonyl (C=O) groups is 1. The van der Waals surface area contributed by atoms with E-state index in [4.69, 9.17) is 4.74 Å². The molecule has 0 aliphatic heterocycles. The van der Waals surface area contributed by atoms with Crippen molar-refractivity contribution in [2.75, 3.05) is 25.7 Å². The molecule has 1 amide bonds. The van der Waals surface area contributed by atoms with E-state index in [1.54, 1.807) is 37.3 Å². The number of nitrogens with one attached hydrogen (secondary N) is 3. The van der Waals surface area contributed by atoms with Gasteiger partial charge in [0.2, 0.25) is 26.0 Å². The number of rotatable bonds is 9. The minimum atomic E-state index is -3.67. The van der Waals surface area contributed by atoms with Gasteiger partial charge in [-0.05, 0) is 49.4 Å². The van der Waals surface area contributed by atoms with Crippen molar-refractivity contribution >= 4 is 31.6 Å².